The smallest absolute Gasteiger partial charge is 0.179 e. The van der Waals surface area contributed by atoms with Gasteiger partial charge in [0.05, 0.1) is 79.1 Å². The summed E-state index contributed by atoms with van der Waals surface area (Å²) in [4.78, 5) is 9.99. The highest BCUT2D eigenvalue weighted by Crippen LogP contribution is 2.39. The number of para-hydroxylation sites is 5. The minimum Gasteiger partial charge on any atom is -0.309 e. The lowest BCUT2D eigenvalue weighted by molar-refractivity contribution is 1.13. The minimum atomic E-state index is -3.77. The molecule has 13 aromatic rings. The topological polar surface area (TPSA) is 35.6 Å². The average molecular weight is 922 g/mol. The Morgan fingerprint density at radius 2 is 0.754 bits per heavy atom. The Morgan fingerprint density at radius 1 is 0.333 bits per heavy atom. The molecule has 0 atom stereocenters. The van der Waals surface area contributed by atoms with E-state index in [1.54, 1.807) is 18.2 Å². The van der Waals surface area contributed by atoms with Crippen molar-refractivity contribution in [1.82, 2.24) is 19.1 Å². The predicted octanol–water partition coefficient (Wildman–Crippen LogP) is 13.0. The number of rotatable bonds is 9. The van der Waals surface area contributed by atoms with E-state index in [9.17, 15) is 19.2 Å². The summed E-state index contributed by atoms with van der Waals surface area (Å²) >= 11 is 0. The van der Waals surface area contributed by atoms with E-state index in [2.05, 4.69) is 0 Å². The van der Waals surface area contributed by atoms with Gasteiger partial charge in [0.2, 0.25) is 0 Å². The van der Waals surface area contributed by atoms with Crippen LogP contribution < -0.4 is 20.7 Å². The molecule has 4 nitrogen and oxygen atoms in total. The summed E-state index contributed by atoms with van der Waals surface area (Å²) in [5, 5.41) is 1.48. The van der Waals surface area contributed by atoms with Gasteiger partial charge >= 0.3 is 0 Å². The van der Waals surface area contributed by atoms with E-state index < -0.39 is 209 Å². The van der Waals surface area contributed by atoms with Crippen molar-refractivity contribution >= 4 is 72.4 Å². The highest BCUT2D eigenvalue weighted by molar-refractivity contribution is 7.19. The van der Waals surface area contributed by atoms with E-state index in [0.29, 0.717) is 5.19 Å². The summed E-state index contributed by atoms with van der Waals surface area (Å²) in [6.45, 7) is 0. The molecule has 5 heteroatoms. The fourth-order valence-corrected chi connectivity index (χ4v) is 14.2. The van der Waals surface area contributed by atoms with Gasteiger partial charge in [-0.2, -0.15) is 0 Å². The number of aromatic nitrogens is 4. The molecule has 0 aliphatic carbocycles. The lowest BCUT2D eigenvalue weighted by Crippen LogP contribution is -2.74. The van der Waals surface area contributed by atoms with Gasteiger partial charge in [-0.3, -0.25) is 0 Å². The third-order valence-electron chi connectivity index (χ3n) is 12.2. The fourth-order valence-electron chi connectivity index (χ4n) is 9.38. The first-order valence-electron chi connectivity index (χ1n) is 34.0. The molecule has 324 valence electrons. The van der Waals surface area contributed by atoms with Crippen molar-refractivity contribution in [2.24, 2.45) is 0 Å². The van der Waals surface area contributed by atoms with Gasteiger partial charge in [-0.05, 0) is 69.1 Å². The van der Waals surface area contributed by atoms with Crippen LogP contribution in [-0.4, -0.2) is 27.2 Å². The monoisotopic (exact) mass is 921 g/mol. The second kappa shape index (κ2) is 16.8. The van der Waals surface area contributed by atoms with E-state index in [1.165, 1.54) is 10.6 Å². The Morgan fingerprint density at radius 3 is 1.26 bits per heavy atom. The lowest BCUT2D eigenvalue weighted by Gasteiger charge is -2.35. The Bertz CT molecular complexity index is 5230. The van der Waals surface area contributed by atoms with Gasteiger partial charge in [-0.1, -0.05) is 218 Å². The van der Waals surface area contributed by atoms with Gasteiger partial charge in [0, 0.05) is 38.2 Å². The summed E-state index contributed by atoms with van der Waals surface area (Å²) in [6, 6.07) is 14.5. The SMILES string of the molecule is [2H]c1c([2H])c([2H])c(-c2cc(-c3cc([Si](c4ccccc4)(c4ccccc4)c4ccccc4)ccc3-n3c4c([2H])c([2H])c([2H])c([2H])c4c4c([2H])c([2H])c([2H])c([2H])c43)nc(-c3c([2H])c([2H])c([2H])c([2H])c3-n3c4c([2H])c([2H])c([2H])c([2H])c4c4c([2H])c([2H])c([2H])c([2H])c43)n2)c([2H])c1[2H]. The van der Waals surface area contributed by atoms with E-state index >= 15 is 0 Å². The third-order valence-corrected chi connectivity index (χ3v) is 17.0. The van der Waals surface area contributed by atoms with Gasteiger partial charge in [-0.15, -0.1) is 0 Å². The summed E-state index contributed by atoms with van der Waals surface area (Å²) < 4.78 is 232. The fraction of sp³-hybridized carbons (Fsp3) is 0. The standard InChI is InChI=1S/C64H44N4Si/c1-5-23-45(24-6-1)56-44-57(66-64(65-56)54-35-17-22-40-62(54)67-58-36-18-13-31-50(58)51-32-14-19-37-59(51)67)55-43-49(41-42-63(55)68-60-38-20-15-33-52(60)53-34-16-21-39-61(53)68)69(46-25-7-2-8-26-46,47-27-9-3-10-28-47)48-29-11-4-12-30-48/h1-44H/i1D,5D,6D,13D,14D,15D,16D,17D,18D,19D,20D,21D,22D,23D,24D,31D,32D,33D,34D,35D,36D,37D,38D,39D,40D. The van der Waals surface area contributed by atoms with Crippen molar-refractivity contribution < 1.29 is 34.3 Å². The molecule has 0 amide bonds. The van der Waals surface area contributed by atoms with Crippen LogP contribution in [0.3, 0.4) is 0 Å². The van der Waals surface area contributed by atoms with E-state index in [1.807, 2.05) is 91.0 Å². The first kappa shape index (κ1) is 22.3. The average Bonchev–Trinajstić information content (AvgIpc) is 1.51. The Hall–Kier alpha value is -8.90. The van der Waals surface area contributed by atoms with E-state index in [-0.39, 0.29) is 38.8 Å². The summed E-state index contributed by atoms with van der Waals surface area (Å²) in [6.07, 6.45) is 0. The molecule has 69 heavy (non-hydrogen) atoms. The molecule has 0 saturated heterocycles. The van der Waals surface area contributed by atoms with Gasteiger partial charge in [-0.25, -0.2) is 9.97 Å². The molecular weight excluding hydrogens is 853 g/mol. The minimum absolute atomic E-state index is 0.0875. The molecule has 13 rings (SSSR count). The second-order valence-electron chi connectivity index (χ2n) is 15.8. The lowest BCUT2D eigenvalue weighted by atomic mass is 10.0. The van der Waals surface area contributed by atoms with E-state index in [0.717, 1.165) is 20.1 Å². The first-order valence-corrected chi connectivity index (χ1v) is 23.5. The van der Waals surface area contributed by atoms with Crippen molar-refractivity contribution in [2.45, 2.75) is 0 Å². The van der Waals surface area contributed by atoms with Crippen molar-refractivity contribution in [2.75, 3.05) is 0 Å². The number of nitrogens with zero attached hydrogens (tertiary/aromatic N) is 4. The Labute approximate surface area is 436 Å². The molecule has 10 aromatic carbocycles. The molecule has 0 unspecified atom stereocenters. The van der Waals surface area contributed by atoms with Gasteiger partial charge in [0.1, 0.15) is 0 Å². The maximum atomic E-state index is 9.92. The third kappa shape index (κ3) is 6.58. The van der Waals surface area contributed by atoms with Crippen molar-refractivity contribution in [3.8, 4) is 45.3 Å². The zero-order chi connectivity index (χ0) is 67.5. The molecule has 0 spiro atoms. The van der Waals surface area contributed by atoms with Gasteiger partial charge in [0.25, 0.3) is 0 Å². The quantitative estimate of drug-likeness (QED) is 0.107. The molecule has 0 saturated carbocycles. The maximum absolute atomic E-state index is 9.92. The van der Waals surface area contributed by atoms with Crippen LogP contribution in [0.2, 0.25) is 0 Å². The van der Waals surface area contributed by atoms with Crippen molar-refractivity contribution in [1.29, 1.82) is 0 Å². The maximum Gasteiger partial charge on any atom is 0.179 e. The summed E-state index contributed by atoms with van der Waals surface area (Å²) in [5.41, 5.74) is -4.90. The predicted molar refractivity (Wildman–Crippen MR) is 291 cm³/mol. The largest absolute Gasteiger partial charge is 0.309 e. The molecule has 3 aromatic heterocycles. The van der Waals surface area contributed by atoms with Crippen LogP contribution >= 0.6 is 0 Å². The zero-order valence-corrected chi connectivity index (χ0v) is 36.8. The normalized spacial score (nSPS) is 16.8. The first-order chi connectivity index (χ1) is 44.6. The number of fused-ring (bicyclic) bond motifs is 6. The molecular formula is C64H44N4Si. The molecule has 3 heterocycles. The van der Waals surface area contributed by atoms with Crippen molar-refractivity contribution in [3.05, 3.63) is 266 Å². The van der Waals surface area contributed by atoms with Crippen LogP contribution in [0, 0.1) is 0 Å². The highest BCUT2D eigenvalue weighted by atomic mass is 28.3. The van der Waals surface area contributed by atoms with Crippen LogP contribution in [-0.2, 0) is 0 Å². The van der Waals surface area contributed by atoms with Crippen molar-refractivity contribution in [3.63, 3.8) is 0 Å². The summed E-state index contributed by atoms with van der Waals surface area (Å²) in [5.74, 6) is -0.752. The molecule has 0 aliphatic rings. The second-order valence-corrected chi connectivity index (χ2v) is 19.6. The van der Waals surface area contributed by atoms with Gasteiger partial charge in [0.15, 0.2) is 13.9 Å². The van der Waals surface area contributed by atoms with Crippen LogP contribution in [0.25, 0.3) is 88.9 Å². The Balaban J connectivity index is 1.30. The number of benzene rings is 10. The number of hydrogen-bond donors (Lipinski definition) is 0. The molecule has 0 aliphatic heterocycles. The Kier molecular flexibility index (Phi) is 5.41. The van der Waals surface area contributed by atoms with E-state index in [4.69, 9.17) is 25.0 Å². The van der Waals surface area contributed by atoms with Crippen LogP contribution in [0.15, 0.2) is 266 Å². The van der Waals surface area contributed by atoms with Crippen LogP contribution in [0.5, 0.6) is 0 Å². The van der Waals surface area contributed by atoms with Crippen LogP contribution in [0.1, 0.15) is 34.3 Å². The summed E-state index contributed by atoms with van der Waals surface area (Å²) in [7, 11) is -3.77. The number of hydrogen-bond acceptors (Lipinski definition) is 2. The molecule has 0 fully saturated rings. The molecule has 0 radical (unpaired) electrons. The van der Waals surface area contributed by atoms with Gasteiger partial charge < -0.3 is 9.13 Å². The molecule has 0 N–H and O–H groups in total. The highest BCUT2D eigenvalue weighted by Gasteiger charge is 2.42. The van der Waals surface area contributed by atoms with Crippen LogP contribution in [0.4, 0.5) is 0 Å². The molecule has 0 bridgehead atoms. The zero-order valence-electron chi connectivity index (χ0n) is 60.8.